The molecule has 30 heavy (non-hydrogen) atoms. The maximum Gasteiger partial charge on any atom is 0.239 e. The van der Waals surface area contributed by atoms with Crippen LogP contribution in [0.15, 0.2) is 66.9 Å². The van der Waals surface area contributed by atoms with E-state index >= 15 is 0 Å². The second-order valence-corrected chi connectivity index (χ2v) is 7.55. The van der Waals surface area contributed by atoms with E-state index in [2.05, 4.69) is 61.1 Å². The van der Waals surface area contributed by atoms with Gasteiger partial charge in [0.05, 0.1) is 19.6 Å². The molecule has 0 N–H and O–H groups in total. The van der Waals surface area contributed by atoms with Crippen LogP contribution < -0.4 is 14.0 Å². The van der Waals surface area contributed by atoms with Gasteiger partial charge in [0.1, 0.15) is 18.3 Å². The number of aryl methyl sites for hydroxylation is 2. The van der Waals surface area contributed by atoms with Gasteiger partial charge in [-0.2, -0.15) is 4.57 Å². The molecule has 4 nitrogen and oxygen atoms in total. The summed E-state index contributed by atoms with van der Waals surface area (Å²) in [6.45, 7) is 2.15. The van der Waals surface area contributed by atoms with E-state index in [1.807, 2.05) is 24.3 Å². The molecule has 0 spiro atoms. The summed E-state index contributed by atoms with van der Waals surface area (Å²) in [5.41, 5.74) is 5.32. The second kappa shape index (κ2) is 6.99. The molecule has 0 aliphatic carbocycles. The van der Waals surface area contributed by atoms with Gasteiger partial charge in [-0.1, -0.05) is 48.5 Å². The Morgan fingerprint density at radius 1 is 0.800 bits per heavy atom. The summed E-state index contributed by atoms with van der Waals surface area (Å²) < 4.78 is 13.4. The van der Waals surface area contributed by atoms with Crippen LogP contribution in [0.2, 0.25) is 0 Å². The van der Waals surface area contributed by atoms with Crippen molar-refractivity contribution >= 4 is 32.6 Å². The number of rotatable bonds is 3. The monoisotopic (exact) mass is 395 g/mol. The van der Waals surface area contributed by atoms with Crippen molar-refractivity contribution in [2.45, 2.75) is 6.92 Å². The van der Waals surface area contributed by atoms with Gasteiger partial charge in [0.15, 0.2) is 17.7 Å². The molecule has 0 fully saturated rings. The fourth-order valence-electron chi connectivity index (χ4n) is 4.35. The van der Waals surface area contributed by atoms with Crippen molar-refractivity contribution in [1.29, 1.82) is 0 Å². The number of ether oxygens (including phenoxy) is 2. The van der Waals surface area contributed by atoms with Crippen LogP contribution in [-0.2, 0) is 7.05 Å². The van der Waals surface area contributed by atoms with Crippen LogP contribution in [0.25, 0.3) is 43.8 Å². The van der Waals surface area contributed by atoms with Crippen LogP contribution in [0.1, 0.15) is 5.56 Å². The maximum absolute atomic E-state index is 5.61. The molecule has 1 aromatic heterocycles. The minimum absolute atomic E-state index is 0.702. The zero-order valence-electron chi connectivity index (χ0n) is 17.6. The van der Waals surface area contributed by atoms with Gasteiger partial charge >= 0.3 is 0 Å². The Kier molecular flexibility index (Phi) is 4.28. The number of aromatic nitrogens is 2. The fraction of sp³-hybridized carbons (Fsp3) is 0.154. The predicted octanol–water partition coefficient (Wildman–Crippen LogP) is 5.36. The summed E-state index contributed by atoms with van der Waals surface area (Å²) >= 11 is 0. The molecule has 148 valence electrons. The van der Waals surface area contributed by atoms with Crippen molar-refractivity contribution in [2.75, 3.05) is 14.2 Å². The summed E-state index contributed by atoms with van der Waals surface area (Å²) in [4.78, 5) is 5.14. The first-order valence-corrected chi connectivity index (χ1v) is 9.95. The average molecular weight is 395 g/mol. The number of methoxy groups -OCH3 is 2. The molecular formula is C26H23N2O2+. The van der Waals surface area contributed by atoms with Crippen LogP contribution in [0.5, 0.6) is 11.5 Å². The van der Waals surface area contributed by atoms with Crippen molar-refractivity contribution in [1.82, 2.24) is 4.98 Å². The van der Waals surface area contributed by atoms with Crippen molar-refractivity contribution in [3.63, 3.8) is 0 Å². The van der Waals surface area contributed by atoms with E-state index in [1.54, 1.807) is 14.2 Å². The molecule has 5 rings (SSSR count). The molecule has 0 radical (unpaired) electrons. The van der Waals surface area contributed by atoms with Crippen LogP contribution >= 0.6 is 0 Å². The molecule has 0 aliphatic heterocycles. The van der Waals surface area contributed by atoms with E-state index in [1.165, 1.54) is 16.3 Å². The number of fused-ring (bicyclic) bond motifs is 6. The highest BCUT2D eigenvalue weighted by Gasteiger charge is 2.22. The van der Waals surface area contributed by atoms with E-state index in [-0.39, 0.29) is 0 Å². The Hall–Kier alpha value is -3.66. The molecule has 0 bridgehead atoms. The molecule has 4 heteroatoms. The smallest absolute Gasteiger partial charge is 0.239 e. The molecular weight excluding hydrogens is 372 g/mol. The van der Waals surface area contributed by atoms with E-state index in [0.29, 0.717) is 5.75 Å². The highest BCUT2D eigenvalue weighted by molar-refractivity contribution is 6.23. The summed E-state index contributed by atoms with van der Waals surface area (Å²) in [7, 11) is 5.43. The van der Waals surface area contributed by atoms with Gasteiger partial charge in [-0.3, -0.25) is 0 Å². The first-order valence-electron chi connectivity index (χ1n) is 9.95. The van der Waals surface area contributed by atoms with Gasteiger partial charge < -0.3 is 9.47 Å². The fourth-order valence-corrected chi connectivity index (χ4v) is 4.35. The van der Waals surface area contributed by atoms with E-state index in [9.17, 15) is 0 Å². The second-order valence-electron chi connectivity index (χ2n) is 7.55. The quantitative estimate of drug-likeness (QED) is 0.305. The Balaban J connectivity index is 2.03. The van der Waals surface area contributed by atoms with E-state index in [4.69, 9.17) is 14.5 Å². The van der Waals surface area contributed by atoms with Crippen LogP contribution in [0, 0.1) is 6.92 Å². The third-order valence-corrected chi connectivity index (χ3v) is 5.77. The average Bonchev–Trinajstić information content (AvgIpc) is 2.78. The Bertz CT molecular complexity index is 1430. The van der Waals surface area contributed by atoms with Gasteiger partial charge in [0.2, 0.25) is 5.52 Å². The summed E-state index contributed by atoms with van der Waals surface area (Å²) in [6.07, 6.45) is 2.11. The minimum Gasteiger partial charge on any atom is -0.493 e. The van der Waals surface area contributed by atoms with Crippen LogP contribution in [0.4, 0.5) is 0 Å². The molecule has 1 heterocycles. The first kappa shape index (κ1) is 18.4. The number of hydrogen-bond acceptors (Lipinski definition) is 3. The lowest BCUT2D eigenvalue weighted by atomic mass is 9.95. The minimum atomic E-state index is 0.702. The lowest BCUT2D eigenvalue weighted by Gasteiger charge is -2.14. The number of nitrogens with zero attached hydrogens (tertiary/aromatic N) is 2. The normalized spacial score (nSPS) is 11.3. The zero-order chi connectivity index (χ0) is 20.8. The van der Waals surface area contributed by atoms with Gasteiger partial charge in [-0.05, 0) is 35.4 Å². The third kappa shape index (κ3) is 2.68. The molecule has 0 saturated heterocycles. The first-order chi connectivity index (χ1) is 14.6. The SMILES string of the molecule is COc1cc2c(cc1OC)c1nc(-c3ccccc3)c[n+](C)c1c1c(C)cccc21. The summed E-state index contributed by atoms with van der Waals surface area (Å²) in [5.74, 6) is 1.42. The van der Waals surface area contributed by atoms with Crippen molar-refractivity contribution in [3.8, 4) is 22.8 Å². The zero-order valence-corrected chi connectivity index (χ0v) is 17.6. The van der Waals surface area contributed by atoms with Gasteiger partial charge in [0.25, 0.3) is 0 Å². The van der Waals surface area contributed by atoms with Crippen LogP contribution in [0.3, 0.4) is 0 Å². The van der Waals surface area contributed by atoms with E-state index < -0.39 is 0 Å². The standard InChI is InChI=1S/C26H23N2O2/c1-16-9-8-12-18-19-13-22(29-3)23(30-4)14-20(19)25-26(24(16)18)28(2)15-21(27-25)17-10-6-5-7-11-17/h5-15H,1-4H3/q+1. The van der Waals surface area contributed by atoms with Gasteiger partial charge in [-0.15, -0.1) is 0 Å². The largest absolute Gasteiger partial charge is 0.493 e. The highest BCUT2D eigenvalue weighted by Crippen LogP contribution is 2.40. The maximum atomic E-state index is 5.61. The Morgan fingerprint density at radius 3 is 2.20 bits per heavy atom. The van der Waals surface area contributed by atoms with Gasteiger partial charge in [0, 0.05) is 10.9 Å². The molecule has 0 unspecified atom stereocenters. The molecule has 0 saturated carbocycles. The van der Waals surface area contributed by atoms with Crippen LogP contribution in [-0.4, -0.2) is 19.2 Å². The number of benzene rings is 4. The lowest BCUT2D eigenvalue weighted by molar-refractivity contribution is -0.643. The molecule has 5 aromatic rings. The number of hydrogen-bond donors (Lipinski definition) is 0. The van der Waals surface area contributed by atoms with Gasteiger partial charge in [-0.25, -0.2) is 4.98 Å². The molecule has 0 amide bonds. The van der Waals surface area contributed by atoms with E-state index in [0.717, 1.165) is 38.8 Å². The molecule has 0 aliphatic rings. The van der Waals surface area contributed by atoms with Crippen molar-refractivity contribution in [2.24, 2.45) is 7.05 Å². The topological polar surface area (TPSA) is 35.2 Å². The molecule has 0 atom stereocenters. The Labute approximate surface area is 175 Å². The Morgan fingerprint density at radius 2 is 1.50 bits per heavy atom. The summed E-state index contributed by atoms with van der Waals surface area (Å²) in [5, 5.41) is 4.55. The van der Waals surface area contributed by atoms with Crippen molar-refractivity contribution in [3.05, 3.63) is 72.4 Å². The highest BCUT2D eigenvalue weighted by atomic mass is 16.5. The third-order valence-electron chi connectivity index (χ3n) is 5.77. The predicted molar refractivity (Wildman–Crippen MR) is 121 cm³/mol. The molecule has 4 aromatic carbocycles. The lowest BCUT2D eigenvalue weighted by Crippen LogP contribution is -2.30. The summed E-state index contributed by atoms with van der Waals surface area (Å²) in [6, 6.07) is 20.8. The van der Waals surface area contributed by atoms with Crippen molar-refractivity contribution < 1.29 is 14.0 Å².